The van der Waals surface area contributed by atoms with E-state index in [0.29, 0.717) is 6.42 Å². The Hall–Kier alpha value is -0.380. The second-order valence-electron chi connectivity index (χ2n) is 1.97. The Bertz CT molecular complexity index is 144. The Balaban J connectivity index is 3.73. The monoisotopic (exact) mass is 208 g/mol. The van der Waals surface area contributed by atoms with Crippen molar-refractivity contribution in [3.63, 3.8) is 0 Å². The van der Waals surface area contributed by atoms with Gasteiger partial charge in [-0.2, -0.15) is 0 Å². The molecular weight excluding hydrogens is 200 g/mol. The summed E-state index contributed by atoms with van der Waals surface area (Å²) in [6.45, 7) is 3.56. The van der Waals surface area contributed by atoms with Crippen LogP contribution >= 0.6 is 15.9 Å². The molecule has 4 heteroatoms. The highest BCUT2D eigenvalue weighted by Gasteiger charge is 2.13. The first kappa shape index (κ1) is 9.62. The fourth-order valence-corrected chi connectivity index (χ4v) is 0.506. The fraction of sp³-hybridized carbons (Fsp3) is 0.667. The summed E-state index contributed by atoms with van der Waals surface area (Å²) in [4.78, 5) is 20.1. The van der Waals surface area contributed by atoms with Gasteiger partial charge in [0, 0.05) is 15.9 Å². The van der Waals surface area contributed by atoms with Crippen LogP contribution in [0.25, 0.3) is 0 Å². The molecule has 0 bridgehead atoms. The van der Waals surface area contributed by atoms with Crippen LogP contribution in [0.2, 0.25) is 0 Å². The SMILES string of the molecule is CCC(C)C(=O)OC(=O)Br. The summed E-state index contributed by atoms with van der Waals surface area (Å²) in [5, 5.41) is 0. The van der Waals surface area contributed by atoms with Crippen LogP contribution in [0, 0.1) is 5.92 Å². The van der Waals surface area contributed by atoms with Gasteiger partial charge in [0.2, 0.25) is 0 Å². The number of hydrogen-bond acceptors (Lipinski definition) is 3. The minimum atomic E-state index is -0.724. The maximum absolute atomic E-state index is 10.7. The first-order chi connectivity index (χ1) is 4.57. The maximum Gasteiger partial charge on any atom is 0.382 e. The third-order valence-corrected chi connectivity index (χ3v) is 1.36. The highest BCUT2D eigenvalue weighted by molar-refractivity contribution is 9.18. The molecule has 0 aromatic carbocycles. The minimum absolute atomic E-state index is 0.207. The van der Waals surface area contributed by atoms with Crippen molar-refractivity contribution in [3.05, 3.63) is 0 Å². The van der Waals surface area contributed by atoms with Crippen LogP contribution < -0.4 is 0 Å². The molecule has 0 fully saturated rings. The largest absolute Gasteiger partial charge is 0.384 e. The van der Waals surface area contributed by atoms with E-state index in [0.717, 1.165) is 0 Å². The highest BCUT2D eigenvalue weighted by Crippen LogP contribution is 2.04. The number of halogens is 1. The summed E-state index contributed by atoms with van der Waals surface area (Å²) in [6.07, 6.45) is 0.680. The molecule has 1 unspecified atom stereocenters. The van der Waals surface area contributed by atoms with Crippen molar-refractivity contribution >= 4 is 26.8 Å². The number of carbonyl (C=O) groups excluding carboxylic acids is 2. The average molecular weight is 209 g/mol. The molecule has 0 amide bonds. The predicted molar refractivity (Wildman–Crippen MR) is 39.9 cm³/mol. The number of hydrogen-bond donors (Lipinski definition) is 0. The zero-order valence-electron chi connectivity index (χ0n) is 5.89. The lowest BCUT2D eigenvalue weighted by Crippen LogP contribution is -2.14. The number of esters is 1. The van der Waals surface area contributed by atoms with Crippen molar-refractivity contribution in [1.82, 2.24) is 0 Å². The summed E-state index contributed by atoms with van der Waals surface area (Å²) < 4.78 is 4.24. The topological polar surface area (TPSA) is 43.4 Å². The summed E-state index contributed by atoms with van der Waals surface area (Å²) in [5.74, 6) is -0.689. The van der Waals surface area contributed by atoms with E-state index in [1.165, 1.54) is 0 Å². The van der Waals surface area contributed by atoms with Gasteiger partial charge in [-0.3, -0.25) is 4.79 Å². The highest BCUT2D eigenvalue weighted by atomic mass is 79.9. The molecule has 10 heavy (non-hydrogen) atoms. The van der Waals surface area contributed by atoms with Gasteiger partial charge < -0.3 is 4.74 Å². The summed E-state index contributed by atoms with van der Waals surface area (Å²) in [7, 11) is 0. The third kappa shape index (κ3) is 3.61. The first-order valence-corrected chi connectivity index (χ1v) is 3.78. The van der Waals surface area contributed by atoms with Gasteiger partial charge in [-0.05, 0) is 6.42 Å². The van der Waals surface area contributed by atoms with Crippen molar-refractivity contribution in [2.45, 2.75) is 20.3 Å². The van der Waals surface area contributed by atoms with Gasteiger partial charge in [-0.15, -0.1) is 0 Å². The van der Waals surface area contributed by atoms with E-state index < -0.39 is 10.8 Å². The lowest BCUT2D eigenvalue weighted by molar-refractivity contribution is -0.140. The molecule has 0 saturated carbocycles. The molecule has 0 aromatic heterocycles. The smallest absolute Gasteiger partial charge is 0.382 e. The maximum atomic E-state index is 10.7. The van der Waals surface area contributed by atoms with Crippen LogP contribution in [0.3, 0.4) is 0 Å². The molecule has 0 heterocycles. The fourth-order valence-electron chi connectivity index (χ4n) is 0.346. The molecular formula is C6H9BrO3. The van der Waals surface area contributed by atoms with Crippen LogP contribution in [0.15, 0.2) is 0 Å². The van der Waals surface area contributed by atoms with Crippen LogP contribution in [0.1, 0.15) is 20.3 Å². The molecule has 0 rings (SSSR count). The number of rotatable bonds is 2. The van der Waals surface area contributed by atoms with Crippen LogP contribution in [-0.2, 0) is 9.53 Å². The molecule has 0 spiro atoms. The van der Waals surface area contributed by atoms with E-state index in [-0.39, 0.29) is 5.92 Å². The van der Waals surface area contributed by atoms with E-state index in [9.17, 15) is 9.59 Å². The van der Waals surface area contributed by atoms with Gasteiger partial charge in [0.1, 0.15) is 0 Å². The molecule has 3 nitrogen and oxygen atoms in total. The Morgan fingerprint density at radius 3 is 2.40 bits per heavy atom. The molecule has 58 valence electrons. The van der Waals surface area contributed by atoms with Gasteiger partial charge in [0.25, 0.3) is 0 Å². The minimum Gasteiger partial charge on any atom is -0.384 e. The average Bonchev–Trinajstić information content (AvgIpc) is 1.85. The molecule has 0 aliphatic carbocycles. The van der Waals surface area contributed by atoms with Gasteiger partial charge in [-0.25, -0.2) is 4.79 Å². The standard InChI is InChI=1S/C6H9BrO3/c1-3-4(2)5(8)10-6(7)9/h4H,3H2,1-2H3. The zero-order chi connectivity index (χ0) is 8.15. The normalized spacial score (nSPS) is 12.3. The van der Waals surface area contributed by atoms with E-state index in [4.69, 9.17) is 0 Å². The third-order valence-electron chi connectivity index (χ3n) is 1.20. The van der Waals surface area contributed by atoms with Crippen molar-refractivity contribution < 1.29 is 14.3 Å². The Labute approximate surface area is 67.9 Å². The van der Waals surface area contributed by atoms with Gasteiger partial charge in [-0.1, -0.05) is 13.8 Å². The van der Waals surface area contributed by atoms with E-state index in [1.54, 1.807) is 6.92 Å². The van der Waals surface area contributed by atoms with Crippen LogP contribution in [0.5, 0.6) is 0 Å². The lowest BCUT2D eigenvalue weighted by Gasteiger charge is -2.03. The van der Waals surface area contributed by atoms with Gasteiger partial charge in [0.15, 0.2) is 0 Å². The van der Waals surface area contributed by atoms with Crippen LogP contribution in [0.4, 0.5) is 4.79 Å². The molecule has 0 radical (unpaired) electrons. The van der Waals surface area contributed by atoms with Gasteiger partial charge in [0.05, 0.1) is 5.92 Å². The van der Waals surface area contributed by atoms with Crippen molar-refractivity contribution in [3.8, 4) is 0 Å². The molecule has 0 aliphatic heterocycles. The summed E-state index contributed by atoms with van der Waals surface area (Å²) in [6, 6.07) is 0. The second-order valence-corrected chi connectivity index (χ2v) is 2.62. The van der Waals surface area contributed by atoms with E-state index >= 15 is 0 Å². The summed E-state index contributed by atoms with van der Waals surface area (Å²) in [5.41, 5.74) is 0. The Morgan fingerprint density at radius 2 is 2.10 bits per heavy atom. The Kier molecular flexibility index (Phi) is 4.27. The van der Waals surface area contributed by atoms with E-state index in [1.807, 2.05) is 6.92 Å². The van der Waals surface area contributed by atoms with Crippen molar-refractivity contribution in [1.29, 1.82) is 0 Å². The number of ether oxygens (including phenoxy) is 1. The van der Waals surface area contributed by atoms with Gasteiger partial charge >= 0.3 is 10.8 Å². The Morgan fingerprint density at radius 1 is 1.60 bits per heavy atom. The predicted octanol–water partition coefficient (Wildman–Crippen LogP) is 2.09. The van der Waals surface area contributed by atoms with Crippen LogP contribution in [-0.4, -0.2) is 10.8 Å². The van der Waals surface area contributed by atoms with Crippen molar-refractivity contribution in [2.24, 2.45) is 5.92 Å². The van der Waals surface area contributed by atoms with Crippen molar-refractivity contribution in [2.75, 3.05) is 0 Å². The molecule has 0 aliphatic rings. The summed E-state index contributed by atoms with van der Waals surface area (Å²) >= 11 is 2.49. The lowest BCUT2D eigenvalue weighted by atomic mass is 10.1. The molecule has 0 saturated heterocycles. The molecule has 0 aromatic rings. The second kappa shape index (κ2) is 4.44. The first-order valence-electron chi connectivity index (χ1n) is 2.99. The quantitative estimate of drug-likeness (QED) is 0.397. The van der Waals surface area contributed by atoms with E-state index in [2.05, 4.69) is 20.7 Å². The zero-order valence-corrected chi connectivity index (χ0v) is 7.47. The molecule has 1 atom stereocenters. The number of carbonyl (C=O) groups is 2. The molecule has 0 N–H and O–H groups in total.